The number of hydrogen-bond donors (Lipinski definition) is 4. The largest absolute Gasteiger partial charge is 0.507 e. The van der Waals surface area contributed by atoms with Crippen LogP contribution in [0.3, 0.4) is 0 Å². The van der Waals surface area contributed by atoms with Crippen LogP contribution < -0.4 is 15.1 Å². The molecule has 7 rings (SSSR count). The Balaban J connectivity index is 0.00000417. The fourth-order valence-corrected chi connectivity index (χ4v) is 6.86. The van der Waals surface area contributed by atoms with Gasteiger partial charge >= 0.3 is 17.4 Å². The first kappa shape index (κ1) is 33.9. The van der Waals surface area contributed by atoms with E-state index in [0.29, 0.717) is 6.42 Å². The van der Waals surface area contributed by atoms with Crippen LogP contribution in [0, 0.1) is 0 Å². The van der Waals surface area contributed by atoms with E-state index >= 15 is 0 Å². The maximum Gasteiger partial charge on any atom is 0.374 e. The average Bonchev–Trinajstić information content (AvgIpc) is 3.36. The van der Waals surface area contributed by atoms with Gasteiger partial charge in [-0.2, -0.15) is 0 Å². The molecular weight excluding hydrogens is 648 g/mol. The normalized spacial score (nSPS) is 27.0. The van der Waals surface area contributed by atoms with Crippen molar-refractivity contribution in [2.75, 3.05) is 14.2 Å². The van der Waals surface area contributed by atoms with Gasteiger partial charge in [0.1, 0.15) is 17.2 Å². The lowest BCUT2D eigenvalue weighted by atomic mass is 9.84. The number of aliphatic hydroxyl groups is 1. The Labute approximate surface area is 278 Å². The molecule has 4 heterocycles. The average molecular weight is 683 g/mol. The number of carbonyl (C=O) groups excluding carboxylic acids is 3. The molecule has 1 spiro atoms. The van der Waals surface area contributed by atoms with Gasteiger partial charge in [-0.1, -0.05) is 7.43 Å². The molecule has 49 heavy (non-hydrogen) atoms. The first-order valence-electron chi connectivity index (χ1n) is 15.0. The highest BCUT2D eigenvalue weighted by Gasteiger charge is 2.63. The van der Waals surface area contributed by atoms with Crippen LogP contribution in [0.4, 0.5) is 0 Å². The van der Waals surface area contributed by atoms with E-state index in [1.807, 2.05) is 0 Å². The predicted octanol–water partition coefficient (Wildman–Crippen LogP) is 3.34. The molecule has 2 aromatic carbocycles. The number of ketones is 2. The van der Waals surface area contributed by atoms with Crippen molar-refractivity contribution in [3.8, 4) is 28.7 Å². The lowest BCUT2D eigenvalue weighted by Crippen LogP contribution is -2.58. The Morgan fingerprint density at radius 1 is 0.980 bits per heavy atom. The molecule has 0 saturated carbocycles. The van der Waals surface area contributed by atoms with Gasteiger partial charge < -0.3 is 53.3 Å². The second-order valence-electron chi connectivity index (χ2n) is 12.1. The van der Waals surface area contributed by atoms with Crippen LogP contribution in [0.2, 0.25) is 0 Å². The molecule has 1 fully saturated rings. The monoisotopic (exact) mass is 682 g/mol. The molecule has 4 aliphatic rings. The Morgan fingerprint density at radius 2 is 1.69 bits per heavy atom. The molecule has 1 aliphatic carbocycles. The number of carbonyl (C=O) groups is 3. The van der Waals surface area contributed by atoms with Gasteiger partial charge in [-0.05, 0) is 43.9 Å². The molecule has 15 heteroatoms. The van der Waals surface area contributed by atoms with E-state index in [-0.39, 0.29) is 65.7 Å². The third kappa shape index (κ3) is 4.95. The summed E-state index contributed by atoms with van der Waals surface area (Å²) < 4.78 is 40.0. The van der Waals surface area contributed by atoms with Crippen molar-refractivity contribution in [2.45, 2.75) is 77.0 Å². The van der Waals surface area contributed by atoms with Gasteiger partial charge in [0.25, 0.3) is 0 Å². The number of hydrogen-bond acceptors (Lipinski definition) is 15. The fourth-order valence-electron chi connectivity index (χ4n) is 6.86. The molecule has 4 unspecified atom stereocenters. The zero-order valence-corrected chi connectivity index (χ0v) is 26.0. The Bertz CT molecular complexity index is 2030. The quantitative estimate of drug-likeness (QED) is 0.229. The smallest absolute Gasteiger partial charge is 0.374 e. The first-order valence-corrected chi connectivity index (χ1v) is 15.0. The highest BCUT2D eigenvalue weighted by molar-refractivity contribution is 6.27. The summed E-state index contributed by atoms with van der Waals surface area (Å²) in [5.41, 5.74) is -2.24. The first-order chi connectivity index (χ1) is 22.8. The lowest BCUT2D eigenvalue weighted by molar-refractivity contribution is -0.302. The van der Waals surface area contributed by atoms with E-state index in [4.69, 9.17) is 28.1 Å². The molecule has 0 bridgehead atoms. The van der Waals surface area contributed by atoms with Crippen LogP contribution in [-0.4, -0.2) is 82.6 Å². The maximum absolute atomic E-state index is 13.1. The number of esters is 1. The number of benzene rings is 2. The summed E-state index contributed by atoms with van der Waals surface area (Å²) in [5.74, 6) is -8.40. The predicted molar refractivity (Wildman–Crippen MR) is 166 cm³/mol. The van der Waals surface area contributed by atoms with Crippen LogP contribution in [0.5, 0.6) is 28.7 Å². The number of aliphatic hydroxyl groups excluding tert-OH is 1. The van der Waals surface area contributed by atoms with E-state index in [1.165, 1.54) is 26.2 Å². The summed E-state index contributed by atoms with van der Waals surface area (Å²) >= 11 is 0. The molecule has 3 aromatic rings. The number of Topliss-reactive ketones (excluding diaryl/α,β-unsaturated/α-hetero) is 1. The number of aromatic hydroxyl groups is 3. The van der Waals surface area contributed by atoms with Crippen molar-refractivity contribution in [3.05, 3.63) is 62.2 Å². The van der Waals surface area contributed by atoms with Crippen molar-refractivity contribution in [2.24, 2.45) is 0 Å². The Hall–Kier alpha value is -4.96. The van der Waals surface area contributed by atoms with Crippen LogP contribution in [-0.2, 0) is 25.4 Å². The molecule has 0 radical (unpaired) electrons. The summed E-state index contributed by atoms with van der Waals surface area (Å²) in [7, 11) is 2.62. The summed E-state index contributed by atoms with van der Waals surface area (Å²) in [6.45, 7) is 3.16. The molecule has 1 aromatic heterocycles. The number of ether oxygens (including phenoxy) is 6. The number of rotatable bonds is 4. The number of allylic oxidation sites excluding steroid dienone is 2. The lowest BCUT2D eigenvalue weighted by Gasteiger charge is -2.43. The third-order valence-electron chi connectivity index (χ3n) is 9.14. The summed E-state index contributed by atoms with van der Waals surface area (Å²) in [6.07, 6.45) is -3.63. The van der Waals surface area contributed by atoms with Gasteiger partial charge in [0.2, 0.25) is 5.76 Å². The summed E-state index contributed by atoms with van der Waals surface area (Å²) in [6, 6.07) is 2.59. The van der Waals surface area contributed by atoms with Gasteiger partial charge in [-0.25, -0.2) is 9.59 Å². The maximum atomic E-state index is 13.1. The van der Waals surface area contributed by atoms with Crippen LogP contribution >= 0.6 is 0 Å². The minimum atomic E-state index is -2.40. The SMILES string of the molecule is C.COC(=O)c1cc2cc3c(c(O)c2c(=O)o1)O[C@@]1(Oc2c(O)c4c(c(O)c2[C@H]1OC1CC(OC)CC(C)O1)C(=O)C=C(C)C4=O)C(O)C3. The zero-order valence-electron chi connectivity index (χ0n) is 26.0. The molecule has 3 aliphatic heterocycles. The van der Waals surface area contributed by atoms with E-state index in [1.54, 1.807) is 6.92 Å². The van der Waals surface area contributed by atoms with E-state index in [0.717, 1.165) is 13.2 Å². The Morgan fingerprint density at radius 3 is 2.39 bits per heavy atom. The molecule has 15 nitrogen and oxygen atoms in total. The molecule has 260 valence electrons. The zero-order chi connectivity index (χ0) is 34.4. The van der Waals surface area contributed by atoms with Crippen LogP contribution in [0.1, 0.15) is 82.6 Å². The van der Waals surface area contributed by atoms with E-state index < -0.39 is 87.3 Å². The van der Waals surface area contributed by atoms with Crippen molar-refractivity contribution < 1.29 is 67.6 Å². The topological polar surface area (TPSA) is 218 Å². The third-order valence-corrected chi connectivity index (χ3v) is 9.14. The minimum Gasteiger partial charge on any atom is -0.507 e. The molecule has 6 atom stereocenters. The van der Waals surface area contributed by atoms with Crippen molar-refractivity contribution in [3.63, 3.8) is 0 Å². The van der Waals surface area contributed by atoms with Crippen LogP contribution in [0.15, 0.2) is 33.0 Å². The number of fused-ring (bicyclic) bond motifs is 4. The second-order valence-corrected chi connectivity index (χ2v) is 12.1. The molecule has 4 N–H and O–H groups in total. The van der Waals surface area contributed by atoms with Gasteiger partial charge in [0.05, 0.1) is 36.0 Å². The van der Waals surface area contributed by atoms with Gasteiger partial charge in [-0.3, -0.25) is 9.59 Å². The van der Waals surface area contributed by atoms with Crippen molar-refractivity contribution in [1.29, 1.82) is 0 Å². The van der Waals surface area contributed by atoms with Crippen molar-refractivity contribution in [1.82, 2.24) is 0 Å². The minimum absolute atomic E-state index is 0. The number of phenolic OH excluding ortho intramolecular Hbond substituents is 3. The highest BCUT2D eigenvalue weighted by atomic mass is 16.8. The Kier molecular flexibility index (Phi) is 8.22. The fraction of sp³-hybridized carbons (Fsp3) is 0.412. The molecular formula is C34H34O15. The number of methoxy groups -OCH3 is 2. The molecule has 1 saturated heterocycles. The van der Waals surface area contributed by atoms with Gasteiger partial charge in [-0.15, -0.1) is 0 Å². The van der Waals surface area contributed by atoms with Gasteiger partial charge in [0, 0.05) is 31.1 Å². The van der Waals surface area contributed by atoms with Crippen molar-refractivity contribution >= 4 is 28.3 Å². The van der Waals surface area contributed by atoms with Crippen LogP contribution in [0.25, 0.3) is 10.8 Å². The standard InChI is InChI=1S/C33H30O15.CH4/c1-11-5-16(34)21-22(24(11)36)27(39)29-23(25(21)37)30(46-19-10-15(42-3)6-12(2)44-19)33(48-29)18(35)9-14-7-13-8-17(31(40)43-4)45-32(41)20(13)26(38)28(14)47-33;/h5,7-8,12,15,18-19,30,35,37-39H,6,9-10H2,1-4H3;1H4/t12?,15?,18?,19?,30-,33-;/m1./s1. The molecule has 0 amide bonds. The summed E-state index contributed by atoms with van der Waals surface area (Å²) in [5, 5.41) is 45.9. The highest BCUT2D eigenvalue weighted by Crippen LogP contribution is 2.61. The van der Waals surface area contributed by atoms with E-state index in [2.05, 4.69) is 4.74 Å². The van der Waals surface area contributed by atoms with E-state index in [9.17, 15) is 39.6 Å². The second kappa shape index (κ2) is 11.9. The summed E-state index contributed by atoms with van der Waals surface area (Å²) in [4.78, 5) is 51.3. The number of phenols is 3. The van der Waals surface area contributed by atoms with Gasteiger partial charge in [0.15, 0.2) is 47.0 Å².